The number of rotatable bonds is 8. The van der Waals surface area contributed by atoms with E-state index in [1.807, 2.05) is 12.1 Å². The Labute approximate surface area is 202 Å². The molecule has 0 spiro atoms. The standard InChI is InChI=1S/C28H24N2O5/c1-2-34-26(31)21-15-13-20(14-16-21)25-18-17-24(35-25)19-29-30-27(32)28(33,22-9-5-3-6-10-22)23-11-7-4-8-12-23/h3-19,33H,2H2,1H3,(H,30,32)/b29-19-. The van der Waals surface area contributed by atoms with Crippen molar-refractivity contribution in [2.75, 3.05) is 6.61 Å². The summed E-state index contributed by atoms with van der Waals surface area (Å²) in [6, 6.07) is 27.7. The van der Waals surface area contributed by atoms with Gasteiger partial charge >= 0.3 is 5.97 Å². The van der Waals surface area contributed by atoms with E-state index in [4.69, 9.17) is 9.15 Å². The smallest absolute Gasteiger partial charge is 0.338 e. The molecule has 35 heavy (non-hydrogen) atoms. The van der Waals surface area contributed by atoms with Gasteiger partial charge in [0, 0.05) is 5.56 Å². The van der Waals surface area contributed by atoms with Gasteiger partial charge in [0.25, 0.3) is 5.91 Å². The quantitative estimate of drug-likeness (QED) is 0.225. The number of benzene rings is 3. The summed E-state index contributed by atoms with van der Waals surface area (Å²) >= 11 is 0. The highest BCUT2D eigenvalue weighted by Gasteiger charge is 2.39. The molecule has 4 aromatic rings. The van der Waals surface area contributed by atoms with Crippen LogP contribution in [-0.2, 0) is 15.1 Å². The average molecular weight is 469 g/mol. The predicted octanol–water partition coefficient (Wildman–Crippen LogP) is 4.51. The molecule has 176 valence electrons. The van der Waals surface area contributed by atoms with Crippen LogP contribution in [0, 0.1) is 0 Å². The Balaban J connectivity index is 1.48. The monoisotopic (exact) mass is 468 g/mol. The van der Waals surface area contributed by atoms with E-state index >= 15 is 0 Å². The van der Waals surface area contributed by atoms with Gasteiger partial charge in [0.1, 0.15) is 11.5 Å². The van der Waals surface area contributed by atoms with Crippen LogP contribution in [0.4, 0.5) is 0 Å². The van der Waals surface area contributed by atoms with Gasteiger partial charge in [-0.1, -0.05) is 72.8 Å². The third-order valence-electron chi connectivity index (χ3n) is 5.38. The van der Waals surface area contributed by atoms with Crippen LogP contribution in [0.3, 0.4) is 0 Å². The van der Waals surface area contributed by atoms with Crippen molar-refractivity contribution in [2.24, 2.45) is 5.10 Å². The number of hydrazone groups is 1. The summed E-state index contributed by atoms with van der Waals surface area (Å²) in [4.78, 5) is 24.9. The molecule has 2 N–H and O–H groups in total. The summed E-state index contributed by atoms with van der Waals surface area (Å²) < 4.78 is 10.8. The summed E-state index contributed by atoms with van der Waals surface area (Å²) in [5, 5.41) is 15.4. The lowest BCUT2D eigenvalue weighted by Crippen LogP contribution is -2.43. The fraction of sp³-hybridized carbons (Fsp3) is 0.107. The third kappa shape index (κ3) is 5.20. The Morgan fingerprint density at radius 2 is 1.51 bits per heavy atom. The van der Waals surface area contributed by atoms with Crippen LogP contribution >= 0.6 is 0 Å². The van der Waals surface area contributed by atoms with Crippen LogP contribution in [0.1, 0.15) is 34.2 Å². The molecule has 0 atom stereocenters. The van der Waals surface area contributed by atoms with Gasteiger partial charge in [0.2, 0.25) is 0 Å². The summed E-state index contributed by atoms with van der Waals surface area (Å²) in [5.41, 5.74) is 2.56. The number of amides is 1. The maximum atomic E-state index is 13.1. The normalized spacial score (nSPS) is 11.4. The molecule has 0 aliphatic carbocycles. The molecule has 0 bridgehead atoms. The highest BCUT2D eigenvalue weighted by molar-refractivity contribution is 5.91. The van der Waals surface area contributed by atoms with Gasteiger partial charge < -0.3 is 14.3 Å². The summed E-state index contributed by atoms with van der Waals surface area (Å²) in [6.45, 7) is 2.07. The Hall–Kier alpha value is -4.49. The second-order valence-electron chi connectivity index (χ2n) is 7.64. The minimum Gasteiger partial charge on any atom is -0.462 e. The number of esters is 1. The fourth-order valence-corrected chi connectivity index (χ4v) is 3.59. The first kappa shape index (κ1) is 23.7. The highest BCUT2D eigenvalue weighted by atomic mass is 16.5. The van der Waals surface area contributed by atoms with Gasteiger partial charge in [-0.15, -0.1) is 0 Å². The fourth-order valence-electron chi connectivity index (χ4n) is 3.59. The van der Waals surface area contributed by atoms with Crippen LogP contribution in [0.25, 0.3) is 11.3 Å². The molecule has 4 rings (SSSR count). The first-order chi connectivity index (χ1) is 17.0. The SMILES string of the molecule is CCOC(=O)c1ccc(-c2ccc(/C=N\NC(=O)C(O)(c3ccccc3)c3ccccc3)o2)cc1. The molecule has 1 aromatic heterocycles. The van der Waals surface area contributed by atoms with E-state index in [0.29, 0.717) is 34.8 Å². The highest BCUT2D eigenvalue weighted by Crippen LogP contribution is 2.30. The molecule has 7 heteroatoms. The Morgan fingerprint density at radius 3 is 2.09 bits per heavy atom. The van der Waals surface area contributed by atoms with E-state index in [2.05, 4.69) is 10.5 Å². The van der Waals surface area contributed by atoms with Crippen molar-refractivity contribution in [1.82, 2.24) is 5.43 Å². The predicted molar refractivity (Wildman–Crippen MR) is 132 cm³/mol. The lowest BCUT2D eigenvalue weighted by atomic mass is 9.85. The molecule has 0 saturated carbocycles. The Morgan fingerprint density at radius 1 is 0.914 bits per heavy atom. The van der Waals surface area contributed by atoms with Crippen molar-refractivity contribution in [2.45, 2.75) is 12.5 Å². The molecule has 0 unspecified atom stereocenters. The zero-order valence-corrected chi connectivity index (χ0v) is 19.0. The van der Waals surface area contributed by atoms with Crippen LogP contribution in [-0.4, -0.2) is 29.8 Å². The molecule has 1 amide bonds. The van der Waals surface area contributed by atoms with E-state index in [9.17, 15) is 14.7 Å². The number of aliphatic hydroxyl groups is 1. The van der Waals surface area contributed by atoms with Crippen LogP contribution in [0.2, 0.25) is 0 Å². The van der Waals surface area contributed by atoms with Gasteiger partial charge in [-0.2, -0.15) is 5.10 Å². The van der Waals surface area contributed by atoms with E-state index in [-0.39, 0.29) is 5.97 Å². The topological polar surface area (TPSA) is 101 Å². The van der Waals surface area contributed by atoms with Crippen molar-refractivity contribution < 1.29 is 23.8 Å². The van der Waals surface area contributed by atoms with Crippen molar-refractivity contribution >= 4 is 18.1 Å². The maximum absolute atomic E-state index is 13.1. The van der Waals surface area contributed by atoms with E-state index < -0.39 is 11.5 Å². The zero-order valence-electron chi connectivity index (χ0n) is 19.0. The van der Waals surface area contributed by atoms with Crippen molar-refractivity contribution in [3.8, 4) is 11.3 Å². The van der Waals surface area contributed by atoms with Crippen molar-refractivity contribution in [3.05, 3.63) is 120 Å². The number of hydrogen-bond acceptors (Lipinski definition) is 6. The largest absolute Gasteiger partial charge is 0.462 e. The number of carbonyl (C=O) groups excluding carboxylic acids is 2. The number of furan rings is 1. The molecule has 0 fully saturated rings. The molecule has 1 heterocycles. The van der Waals surface area contributed by atoms with Crippen molar-refractivity contribution in [1.29, 1.82) is 0 Å². The molecule has 0 aliphatic heterocycles. The molecule has 7 nitrogen and oxygen atoms in total. The molecular weight excluding hydrogens is 444 g/mol. The molecule has 0 aliphatic rings. The summed E-state index contributed by atoms with van der Waals surface area (Å²) in [7, 11) is 0. The second kappa shape index (κ2) is 10.6. The van der Waals surface area contributed by atoms with Crippen LogP contribution in [0.5, 0.6) is 0 Å². The van der Waals surface area contributed by atoms with Gasteiger partial charge in [0.15, 0.2) is 5.60 Å². The van der Waals surface area contributed by atoms with E-state index in [1.54, 1.807) is 91.9 Å². The first-order valence-corrected chi connectivity index (χ1v) is 11.1. The lowest BCUT2D eigenvalue weighted by Gasteiger charge is -2.26. The van der Waals surface area contributed by atoms with Gasteiger partial charge in [0.05, 0.1) is 18.4 Å². The summed E-state index contributed by atoms with van der Waals surface area (Å²) in [6.07, 6.45) is 1.35. The third-order valence-corrected chi connectivity index (χ3v) is 5.38. The molecule has 3 aromatic carbocycles. The van der Waals surface area contributed by atoms with Gasteiger partial charge in [-0.25, -0.2) is 10.2 Å². The Bertz CT molecular complexity index is 1270. The zero-order chi connectivity index (χ0) is 24.7. The number of nitrogens with zero attached hydrogens (tertiary/aromatic N) is 1. The number of ether oxygens (including phenoxy) is 1. The second-order valence-corrected chi connectivity index (χ2v) is 7.64. The Kier molecular flexibility index (Phi) is 7.18. The average Bonchev–Trinajstić information content (AvgIpc) is 3.38. The number of carbonyl (C=O) groups is 2. The van der Waals surface area contributed by atoms with Crippen molar-refractivity contribution in [3.63, 3.8) is 0 Å². The minimum absolute atomic E-state index is 0.312. The molecular formula is C28H24N2O5. The van der Waals surface area contributed by atoms with Gasteiger partial charge in [-0.3, -0.25) is 4.79 Å². The van der Waals surface area contributed by atoms with Gasteiger partial charge in [-0.05, 0) is 42.3 Å². The summed E-state index contributed by atoms with van der Waals surface area (Å²) in [5.74, 6) is -0.114. The number of nitrogens with one attached hydrogen (secondary N) is 1. The van der Waals surface area contributed by atoms with Crippen LogP contribution in [0.15, 0.2) is 107 Å². The molecule has 0 radical (unpaired) electrons. The first-order valence-electron chi connectivity index (χ1n) is 11.1. The minimum atomic E-state index is -1.92. The van der Waals surface area contributed by atoms with E-state index in [0.717, 1.165) is 5.56 Å². The molecule has 0 saturated heterocycles. The number of hydrogen-bond donors (Lipinski definition) is 2. The lowest BCUT2D eigenvalue weighted by molar-refractivity contribution is -0.136. The van der Waals surface area contributed by atoms with Crippen LogP contribution < -0.4 is 5.43 Å². The van der Waals surface area contributed by atoms with E-state index in [1.165, 1.54) is 6.21 Å². The maximum Gasteiger partial charge on any atom is 0.338 e.